The molecule has 0 aliphatic carbocycles. The molecule has 0 saturated carbocycles. The first-order valence-corrected chi connectivity index (χ1v) is 9.99. The van der Waals surface area contributed by atoms with Crippen LogP contribution in [0.1, 0.15) is 36.3 Å². The lowest BCUT2D eigenvalue weighted by Gasteiger charge is -2.35. The average Bonchev–Trinajstić information content (AvgIpc) is 3.31. The molecule has 0 radical (unpaired) electrons. The highest BCUT2D eigenvalue weighted by atomic mass is 32.1. The van der Waals surface area contributed by atoms with Crippen molar-refractivity contribution in [2.45, 2.75) is 56.8 Å². The lowest BCUT2D eigenvalue weighted by Crippen LogP contribution is -2.51. The third kappa shape index (κ3) is 2.45. The van der Waals surface area contributed by atoms with Gasteiger partial charge in [0.2, 0.25) is 0 Å². The Bertz CT molecular complexity index is 627. The highest BCUT2D eigenvalue weighted by Gasteiger charge is 2.39. The van der Waals surface area contributed by atoms with E-state index in [0.717, 1.165) is 45.5 Å². The van der Waals surface area contributed by atoms with Crippen molar-refractivity contribution in [2.24, 2.45) is 0 Å². The molecule has 1 N–H and O–H groups in total. The van der Waals surface area contributed by atoms with Crippen LogP contribution in [0.3, 0.4) is 0 Å². The van der Waals surface area contributed by atoms with Gasteiger partial charge in [0.05, 0.1) is 12.2 Å². The molecule has 2 bridgehead atoms. The van der Waals surface area contributed by atoms with E-state index >= 15 is 0 Å². The zero-order valence-corrected chi connectivity index (χ0v) is 14.7. The van der Waals surface area contributed by atoms with Gasteiger partial charge in [0.1, 0.15) is 6.10 Å². The Hall–Kier alpha value is -1.18. The number of piperazine rings is 1. The second kappa shape index (κ2) is 5.97. The number of carbonyl (C=O) groups is 1. The van der Waals surface area contributed by atoms with Crippen molar-refractivity contribution < 1.29 is 9.53 Å². The number of aromatic nitrogens is 1. The molecule has 4 aliphatic heterocycles. The van der Waals surface area contributed by atoms with E-state index in [1.54, 1.807) is 11.3 Å². The monoisotopic (exact) mass is 348 g/mol. The average molecular weight is 348 g/mol. The van der Waals surface area contributed by atoms with E-state index in [0.29, 0.717) is 18.6 Å². The normalized spacial score (nSPS) is 32.2. The summed E-state index contributed by atoms with van der Waals surface area (Å²) in [6.07, 6.45) is 5.10. The summed E-state index contributed by atoms with van der Waals surface area (Å²) in [7, 11) is 0. The number of amides is 1. The molecule has 0 aromatic carbocycles. The second-order valence-corrected chi connectivity index (χ2v) is 8.39. The van der Waals surface area contributed by atoms with Crippen LogP contribution in [0.2, 0.25) is 0 Å². The van der Waals surface area contributed by atoms with Crippen LogP contribution in [0, 0.1) is 0 Å². The maximum atomic E-state index is 12.6. The Kier molecular flexibility index (Phi) is 3.75. The summed E-state index contributed by atoms with van der Waals surface area (Å²) in [6, 6.07) is 1.20. The molecule has 3 saturated heterocycles. The first-order valence-electron chi connectivity index (χ1n) is 9.17. The van der Waals surface area contributed by atoms with E-state index in [9.17, 15) is 4.79 Å². The Balaban J connectivity index is 1.34. The molecule has 1 aromatic rings. The standard InChI is InChI=1S/C17H24N4O2S/c22-16(14-2-1-7-23-14)20-6-5-13-15(10-20)24-17(19-13)21-11-3-4-12(21)9-18-8-11/h11-12,14,18H,1-10H2. The molecule has 3 unspecified atom stereocenters. The van der Waals surface area contributed by atoms with Crippen molar-refractivity contribution in [3.8, 4) is 0 Å². The largest absolute Gasteiger partial charge is 0.368 e. The smallest absolute Gasteiger partial charge is 0.252 e. The lowest BCUT2D eigenvalue weighted by molar-refractivity contribution is -0.141. The number of hydrogen-bond acceptors (Lipinski definition) is 6. The van der Waals surface area contributed by atoms with E-state index in [4.69, 9.17) is 9.72 Å². The Morgan fingerprint density at radius 1 is 1.25 bits per heavy atom. The molecule has 7 heteroatoms. The van der Waals surface area contributed by atoms with Gasteiger partial charge >= 0.3 is 0 Å². The van der Waals surface area contributed by atoms with E-state index in [2.05, 4.69) is 10.2 Å². The number of rotatable bonds is 2. The van der Waals surface area contributed by atoms with Gasteiger partial charge in [-0.15, -0.1) is 0 Å². The minimum atomic E-state index is -0.206. The van der Waals surface area contributed by atoms with Crippen molar-refractivity contribution in [3.63, 3.8) is 0 Å². The summed E-state index contributed by atoms with van der Waals surface area (Å²) in [6.45, 7) is 4.37. The van der Waals surface area contributed by atoms with E-state index < -0.39 is 0 Å². The predicted molar refractivity (Wildman–Crippen MR) is 92.4 cm³/mol. The first-order chi connectivity index (χ1) is 11.8. The number of nitrogens with zero attached hydrogens (tertiary/aromatic N) is 3. The SMILES string of the molecule is O=C(C1CCCO1)N1CCc2nc(N3C4CCC3CNC4)sc2C1. The van der Waals surface area contributed by atoms with Gasteiger partial charge in [0.25, 0.3) is 5.91 Å². The topological polar surface area (TPSA) is 57.7 Å². The van der Waals surface area contributed by atoms with Crippen molar-refractivity contribution in [1.82, 2.24) is 15.2 Å². The van der Waals surface area contributed by atoms with Crippen LogP contribution >= 0.6 is 11.3 Å². The fourth-order valence-electron chi connectivity index (χ4n) is 4.55. The number of nitrogens with one attached hydrogen (secondary N) is 1. The Morgan fingerprint density at radius 3 is 2.83 bits per heavy atom. The minimum Gasteiger partial charge on any atom is -0.368 e. The highest BCUT2D eigenvalue weighted by molar-refractivity contribution is 7.15. The maximum absolute atomic E-state index is 12.6. The minimum absolute atomic E-state index is 0.176. The molecule has 1 amide bonds. The third-order valence-electron chi connectivity index (χ3n) is 5.84. The fraction of sp³-hybridized carbons (Fsp3) is 0.765. The molecule has 0 spiro atoms. The van der Waals surface area contributed by atoms with E-state index in [-0.39, 0.29) is 12.0 Å². The van der Waals surface area contributed by atoms with Gasteiger partial charge in [-0.2, -0.15) is 0 Å². The first kappa shape index (κ1) is 15.1. The van der Waals surface area contributed by atoms with Crippen molar-refractivity contribution in [1.29, 1.82) is 0 Å². The molecule has 6 nitrogen and oxygen atoms in total. The second-order valence-electron chi connectivity index (χ2n) is 7.33. The lowest BCUT2D eigenvalue weighted by atomic mass is 10.1. The van der Waals surface area contributed by atoms with Crippen LogP contribution in [0.5, 0.6) is 0 Å². The number of ether oxygens (including phenoxy) is 1. The van der Waals surface area contributed by atoms with E-state index in [1.165, 1.54) is 28.5 Å². The molecule has 4 aliphatic rings. The van der Waals surface area contributed by atoms with Crippen LogP contribution < -0.4 is 10.2 Å². The molecule has 5 rings (SSSR count). The molecule has 5 heterocycles. The van der Waals surface area contributed by atoms with Crippen LogP contribution in [-0.4, -0.2) is 60.2 Å². The van der Waals surface area contributed by atoms with Crippen LogP contribution in [0.15, 0.2) is 0 Å². The molecule has 3 atom stereocenters. The number of anilines is 1. The molecular weight excluding hydrogens is 324 g/mol. The van der Waals surface area contributed by atoms with Gasteiger partial charge < -0.3 is 19.9 Å². The van der Waals surface area contributed by atoms with Gasteiger partial charge in [-0.1, -0.05) is 11.3 Å². The predicted octanol–water partition coefficient (Wildman–Crippen LogP) is 1.15. The number of carbonyl (C=O) groups excluding carboxylic acids is 1. The van der Waals surface area contributed by atoms with Crippen LogP contribution in [0.25, 0.3) is 0 Å². The van der Waals surface area contributed by atoms with Crippen LogP contribution in [-0.2, 0) is 22.5 Å². The van der Waals surface area contributed by atoms with Crippen molar-refractivity contribution in [2.75, 3.05) is 31.1 Å². The zero-order chi connectivity index (χ0) is 16.1. The molecule has 130 valence electrons. The van der Waals surface area contributed by atoms with Gasteiger partial charge in [-0.3, -0.25) is 4.79 Å². The summed E-state index contributed by atoms with van der Waals surface area (Å²) in [4.78, 5) is 23.4. The quantitative estimate of drug-likeness (QED) is 0.869. The summed E-state index contributed by atoms with van der Waals surface area (Å²) in [5, 5.41) is 4.71. The van der Waals surface area contributed by atoms with Crippen molar-refractivity contribution >= 4 is 22.4 Å². The Morgan fingerprint density at radius 2 is 2.08 bits per heavy atom. The number of thiazole rings is 1. The van der Waals surface area contributed by atoms with Crippen LogP contribution in [0.4, 0.5) is 5.13 Å². The molecule has 3 fully saturated rings. The molecule has 24 heavy (non-hydrogen) atoms. The maximum Gasteiger partial charge on any atom is 0.252 e. The van der Waals surface area contributed by atoms with Gasteiger partial charge in [0, 0.05) is 49.6 Å². The summed E-state index contributed by atoms with van der Waals surface area (Å²) in [5.74, 6) is 0.176. The molecular formula is C17H24N4O2S. The summed E-state index contributed by atoms with van der Waals surface area (Å²) >= 11 is 1.81. The van der Waals surface area contributed by atoms with Crippen molar-refractivity contribution in [3.05, 3.63) is 10.6 Å². The zero-order valence-electron chi connectivity index (χ0n) is 13.9. The van der Waals surface area contributed by atoms with Gasteiger partial charge in [0.15, 0.2) is 5.13 Å². The third-order valence-corrected chi connectivity index (χ3v) is 6.93. The van der Waals surface area contributed by atoms with Gasteiger partial charge in [-0.25, -0.2) is 4.98 Å². The highest BCUT2D eigenvalue weighted by Crippen LogP contribution is 2.38. The number of fused-ring (bicyclic) bond motifs is 3. The van der Waals surface area contributed by atoms with E-state index in [1.807, 2.05) is 4.90 Å². The molecule has 1 aromatic heterocycles. The summed E-state index contributed by atoms with van der Waals surface area (Å²) < 4.78 is 5.57. The number of hydrogen-bond donors (Lipinski definition) is 1. The van der Waals surface area contributed by atoms with Gasteiger partial charge in [-0.05, 0) is 25.7 Å². The fourth-order valence-corrected chi connectivity index (χ4v) is 5.81. The Labute approximate surface area is 146 Å². The summed E-state index contributed by atoms with van der Waals surface area (Å²) in [5.41, 5.74) is 1.21.